The molecule has 0 saturated carbocycles. The molecule has 4 heteroatoms. The number of unbranched alkanes of at least 4 members (excludes halogenated alkanes) is 2. The minimum Gasteiger partial charge on any atom is -0.481 e. The van der Waals surface area contributed by atoms with Gasteiger partial charge in [-0.05, 0) is 36.5 Å². The van der Waals surface area contributed by atoms with Crippen molar-refractivity contribution in [2.45, 2.75) is 25.7 Å². The van der Waals surface area contributed by atoms with Crippen LogP contribution in [0, 0.1) is 0 Å². The van der Waals surface area contributed by atoms with Gasteiger partial charge in [0.05, 0.1) is 0 Å². The van der Waals surface area contributed by atoms with Crippen molar-refractivity contribution >= 4 is 17.8 Å². The van der Waals surface area contributed by atoms with E-state index in [-0.39, 0.29) is 6.42 Å². The largest absolute Gasteiger partial charge is 0.481 e. The Morgan fingerprint density at radius 2 is 1.87 bits per heavy atom. The molecule has 0 fully saturated rings. The van der Waals surface area contributed by atoms with Crippen LogP contribution in [0.4, 0.5) is 0 Å². The summed E-state index contributed by atoms with van der Waals surface area (Å²) in [6.07, 6.45) is 8.58. The second-order valence-corrected chi connectivity index (χ2v) is 5.25. The highest BCUT2D eigenvalue weighted by Gasteiger charge is 2.06. The summed E-state index contributed by atoms with van der Waals surface area (Å²) in [5.41, 5.74) is 3.49. The fourth-order valence-corrected chi connectivity index (χ4v) is 2.36. The molecule has 0 amide bonds. The lowest BCUT2D eigenvalue weighted by molar-refractivity contribution is -0.137. The Bertz CT molecular complexity index is 693. The second kappa shape index (κ2) is 8.63. The summed E-state index contributed by atoms with van der Waals surface area (Å²) in [4.78, 5) is 25.6. The Balaban J connectivity index is 2.21. The van der Waals surface area contributed by atoms with E-state index < -0.39 is 5.97 Å². The fraction of sp³-hybridized carbons (Fsp3) is 0.211. The summed E-state index contributed by atoms with van der Waals surface area (Å²) in [5, 5.41) is 8.68. The Kier molecular flexibility index (Phi) is 6.24. The summed E-state index contributed by atoms with van der Waals surface area (Å²) in [6.45, 7) is 0. The van der Waals surface area contributed by atoms with E-state index in [0.29, 0.717) is 12.0 Å². The monoisotopic (exact) mass is 309 g/mol. The number of benzene rings is 1. The van der Waals surface area contributed by atoms with Crippen LogP contribution in [0.3, 0.4) is 0 Å². The number of aliphatic carboxylic acids is 1. The maximum Gasteiger partial charge on any atom is 0.303 e. The normalized spacial score (nSPS) is 11.2. The highest BCUT2D eigenvalue weighted by molar-refractivity contribution is 5.83. The number of carbonyl (C=O) groups excluding carboxylic acids is 1. The van der Waals surface area contributed by atoms with Crippen LogP contribution in [0.15, 0.2) is 54.9 Å². The van der Waals surface area contributed by atoms with E-state index in [2.05, 4.69) is 11.1 Å². The lowest BCUT2D eigenvalue weighted by Gasteiger charge is -2.09. The molecule has 1 heterocycles. The zero-order valence-corrected chi connectivity index (χ0v) is 12.8. The van der Waals surface area contributed by atoms with Crippen molar-refractivity contribution in [1.29, 1.82) is 0 Å². The average Bonchev–Trinajstić information content (AvgIpc) is 2.58. The van der Waals surface area contributed by atoms with Gasteiger partial charge < -0.3 is 5.11 Å². The number of allylic oxidation sites excluding steroid dienone is 1. The molecule has 2 rings (SSSR count). The summed E-state index contributed by atoms with van der Waals surface area (Å²) < 4.78 is 0. The first-order valence-electron chi connectivity index (χ1n) is 7.58. The number of carboxylic acids is 1. The zero-order valence-electron chi connectivity index (χ0n) is 12.8. The molecule has 0 spiro atoms. The van der Waals surface area contributed by atoms with E-state index in [1.807, 2.05) is 36.4 Å². The van der Waals surface area contributed by atoms with E-state index in [0.717, 1.165) is 35.8 Å². The van der Waals surface area contributed by atoms with Crippen LogP contribution >= 0.6 is 0 Å². The highest BCUT2D eigenvalue weighted by Crippen LogP contribution is 2.24. The number of rotatable bonds is 8. The van der Waals surface area contributed by atoms with Gasteiger partial charge in [0.2, 0.25) is 0 Å². The minimum absolute atomic E-state index is 0.191. The Labute approximate surface area is 135 Å². The number of carboxylic acid groups (broad SMARTS) is 1. The molecule has 0 atom stereocenters. The van der Waals surface area contributed by atoms with E-state index in [1.165, 1.54) is 6.20 Å². The summed E-state index contributed by atoms with van der Waals surface area (Å²) in [5.74, 6) is -0.764. The molecule has 1 aromatic heterocycles. The number of hydrogen-bond acceptors (Lipinski definition) is 3. The number of pyridine rings is 1. The maximum atomic E-state index is 11.0. The molecular weight excluding hydrogens is 290 g/mol. The van der Waals surface area contributed by atoms with Crippen LogP contribution in [0.2, 0.25) is 0 Å². The van der Waals surface area contributed by atoms with E-state index in [1.54, 1.807) is 6.20 Å². The summed E-state index contributed by atoms with van der Waals surface area (Å²) in [6, 6.07) is 11.7. The van der Waals surface area contributed by atoms with Gasteiger partial charge in [-0.3, -0.25) is 14.6 Å². The van der Waals surface area contributed by atoms with E-state index >= 15 is 0 Å². The predicted molar refractivity (Wildman–Crippen MR) is 89.2 cm³/mol. The van der Waals surface area contributed by atoms with Gasteiger partial charge in [-0.2, -0.15) is 0 Å². The Morgan fingerprint density at radius 3 is 2.57 bits per heavy atom. The smallest absolute Gasteiger partial charge is 0.303 e. The van der Waals surface area contributed by atoms with Gasteiger partial charge in [-0.15, -0.1) is 0 Å². The van der Waals surface area contributed by atoms with Gasteiger partial charge in [-0.1, -0.05) is 36.4 Å². The number of aromatic nitrogens is 1. The molecule has 118 valence electrons. The van der Waals surface area contributed by atoms with Crippen molar-refractivity contribution in [1.82, 2.24) is 4.98 Å². The fourth-order valence-electron chi connectivity index (χ4n) is 2.36. The SMILES string of the molecule is O=Cc1cncc(/C(=C/CCCCC(=O)O)c2ccccc2)c1. The third-order valence-electron chi connectivity index (χ3n) is 3.48. The van der Waals surface area contributed by atoms with Crippen LogP contribution in [-0.4, -0.2) is 22.3 Å². The second-order valence-electron chi connectivity index (χ2n) is 5.25. The first kappa shape index (κ1) is 16.6. The molecule has 0 aliphatic heterocycles. The first-order valence-corrected chi connectivity index (χ1v) is 7.58. The molecule has 1 aromatic carbocycles. The molecule has 2 aromatic rings. The third-order valence-corrected chi connectivity index (χ3v) is 3.48. The highest BCUT2D eigenvalue weighted by atomic mass is 16.4. The first-order chi connectivity index (χ1) is 11.2. The molecule has 23 heavy (non-hydrogen) atoms. The van der Waals surface area contributed by atoms with Crippen molar-refractivity contribution < 1.29 is 14.7 Å². The van der Waals surface area contributed by atoms with Gasteiger partial charge in [0.25, 0.3) is 0 Å². The van der Waals surface area contributed by atoms with Gasteiger partial charge in [0.15, 0.2) is 6.29 Å². The Morgan fingerprint density at radius 1 is 1.09 bits per heavy atom. The number of carbonyl (C=O) groups is 2. The topological polar surface area (TPSA) is 67.3 Å². The van der Waals surface area contributed by atoms with Crippen molar-refractivity contribution in [2.24, 2.45) is 0 Å². The minimum atomic E-state index is -0.764. The standard InChI is InChI=1S/C19H19NO3/c21-14-15-11-17(13-20-12-15)18(16-7-3-1-4-8-16)9-5-2-6-10-19(22)23/h1,3-4,7-9,11-14H,2,5-6,10H2,(H,22,23)/b18-9+. The number of hydrogen-bond donors (Lipinski definition) is 1. The maximum absolute atomic E-state index is 11.0. The Hall–Kier alpha value is -2.75. The lowest BCUT2D eigenvalue weighted by Crippen LogP contribution is -1.94. The van der Waals surface area contributed by atoms with E-state index in [9.17, 15) is 9.59 Å². The van der Waals surface area contributed by atoms with Crippen LogP contribution in [0.1, 0.15) is 47.2 Å². The molecule has 0 unspecified atom stereocenters. The summed E-state index contributed by atoms with van der Waals surface area (Å²) >= 11 is 0. The number of aldehydes is 1. The van der Waals surface area contributed by atoms with E-state index in [4.69, 9.17) is 5.11 Å². The van der Waals surface area contributed by atoms with Gasteiger partial charge in [0.1, 0.15) is 0 Å². The van der Waals surface area contributed by atoms with Crippen molar-refractivity contribution in [2.75, 3.05) is 0 Å². The molecule has 0 bridgehead atoms. The third kappa shape index (κ3) is 5.18. The van der Waals surface area contributed by atoms with Crippen molar-refractivity contribution in [3.63, 3.8) is 0 Å². The molecule has 0 radical (unpaired) electrons. The van der Waals surface area contributed by atoms with Gasteiger partial charge in [0, 0.05) is 29.9 Å². The van der Waals surface area contributed by atoms with Gasteiger partial charge >= 0.3 is 5.97 Å². The van der Waals surface area contributed by atoms with Gasteiger partial charge in [-0.25, -0.2) is 0 Å². The number of nitrogens with zero attached hydrogens (tertiary/aromatic N) is 1. The van der Waals surface area contributed by atoms with Crippen LogP contribution in [-0.2, 0) is 4.79 Å². The van der Waals surface area contributed by atoms with Crippen molar-refractivity contribution in [3.8, 4) is 0 Å². The lowest BCUT2D eigenvalue weighted by atomic mass is 9.96. The van der Waals surface area contributed by atoms with Crippen molar-refractivity contribution in [3.05, 3.63) is 71.6 Å². The van der Waals surface area contributed by atoms with Crippen LogP contribution in [0.5, 0.6) is 0 Å². The van der Waals surface area contributed by atoms with Crippen LogP contribution in [0.25, 0.3) is 5.57 Å². The summed E-state index contributed by atoms with van der Waals surface area (Å²) in [7, 11) is 0. The van der Waals surface area contributed by atoms with Crippen LogP contribution < -0.4 is 0 Å². The quantitative estimate of drug-likeness (QED) is 0.592. The molecule has 1 N–H and O–H groups in total. The molecular formula is C19H19NO3. The molecule has 0 aliphatic carbocycles. The molecule has 4 nitrogen and oxygen atoms in total. The zero-order chi connectivity index (χ0) is 16.5. The molecule has 0 aliphatic rings. The molecule has 0 saturated heterocycles. The average molecular weight is 309 g/mol. The predicted octanol–water partition coefficient (Wildman–Crippen LogP) is 3.97.